The lowest BCUT2D eigenvalue weighted by atomic mass is 9.85. The van der Waals surface area contributed by atoms with Crippen LogP contribution in [0.15, 0.2) is 35.1 Å². The van der Waals surface area contributed by atoms with Crippen molar-refractivity contribution in [3.63, 3.8) is 0 Å². The highest BCUT2D eigenvalue weighted by Gasteiger charge is 2.34. The maximum absolute atomic E-state index is 13.0. The van der Waals surface area contributed by atoms with Crippen LogP contribution in [0, 0.1) is 5.92 Å². The van der Waals surface area contributed by atoms with E-state index in [1.54, 1.807) is 7.11 Å². The predicted molar refractivity (Wildman–Crippen MR) is 103 cm³/mol. The Kier molecular flexibility index (Phi) is 5.57. The molecule has 0 N–H and O–H groups in total. The summed E-state index contributed by atoms with van der Waals surface area (Å²) in [7, 11) is 1.72. The van der Waals surface area contributed by atoms with Gasteiger partial charge in [-0.05, 0) is 54.7 Å². The molecule has 0 spiro atoms. The Balaban J connectivity index is 1.48. The standard InChI is InChI=1S/C20H27N5O3/c1-28-18-11-5-7-15(13-18)19(26)23-12-6-10-17(14-23)25-20(27)24(21-22-25)16-8-3-2-4-9-16/h2-4,8-9,15,17-18H,5-7,10-14H2,1H3/t15-,17-,18-/m1/s1. The third kappa shape index (κ3) is 3.73. The van der Waals surface area contributed by atoms with Gasteiger partial charge in [-0.15, -0.1) is 0 Å². The van der Waals surface area contributed by atoms with Gasteiger partial charge in [0.05, 0.1) is 17.8 Å². The molecule has 0 radical (unpaired) electrons. The highest BCUT2D eigenvalue weighted by atomic mass is 16.5. The number of para-hydroxylation sites is 1. The zero-order chi connectivity index (χ0) is 19.5. The second kappa shape index (κ2) is 8.26. The Hall–Kier alpha value is -2.48. The number of piperidine rings is 1. The van der Waals surface area contributed by atoms with Crippen molar-refractivity contribution in [1.29, 1.82) is 0 Å². The largest absolute Gasteiger partial charge is 0.381 e. The van der Waals surface area contributed by atoms with E-state index in [2.05, 4.69) is 10.4 Å². The van der Waals surface area contributed by atoms with E-state index in [1.165, 1.54) is 9.36 Å². The monoisotopic (exact) mass is 385 g/mol. The fourth-order valence-electron chi connectivity index (χ4n) is 4.41. The van der Waals surface area contributed by atoms with E-state index in [1.807, 2.05) is 35.2 Å². The maximum atomic E-state index is 13.0. The number of amides is 1. The Labute approximate surface area is 164 Å². The molecule has 0 unspecified atom stereocenters. The van der Waals surface area contributed by atoms with Gasteiger partial charge in [-0.3, -0.25) is 4.79 Å². The number of rotatable bonds is 4. The molecule has 1 amide bonds. The van der Waals surface area contributed by atoms with Gasteiger partial charge in [0.25, 0.3) is 0 Å². The number of aromatic nitrogens is 4. The first-order valence-corrected chi connectivity index (χ1v) is 10.1. The third-order valence-electron chi connectivity index (χ3n) is 5.97. The molecule has 8 heteroatoms. The topological polar surface area (TPSA) is 82.2 Å². The fourth-order valence-corrected chi connectivity index (χ4v) is 4.41. The van der Waals surface area contributed by atoms with Crippen molar-refractivity contribution in [3.8, 4) is 5.69 Å². The highest BCUT2D eigenvalue weighted by molar-refractivity contribution is 5.79. The third-order valence-corrected chi connectivity index (χ3v) is 5.97. The van der Waals surface area contributed by atoms with Crippen molar-refractivity contribution in [2.75, 3.05) is 20.2 Å². The molecule has 1 aliphatic carbocycles. The number of carbonyl (C=O) groups is 1. The minimum Gasteiger partial charge on any atom is -0.381 e. The predicted octanol–water partition coefficient (Wildman–Crippen LogP) is 1.80. The molecule has 1 saturated carbocycles. The van der Waals surface area contributed by atoms with E-state index in [0.29, 0.717) is 12.2 Å². The normalized spacial score (nSPS) is 25.6. The number of likely N-dealkylation sites (tertiary alicyclic amines) is 1. The molecule has 1 saturated heterocycles. The molecule has 4 rings (SSSR count). The number of tetrazole rings is 1. The smallest absolute Gasteiger partial charge is 0.368 e. The number of nitrogens with zero attached hydrogens (tertiary/aromatic N) is 5. The van der Waals surface area contributed by atoms with Crippen LogP contribution in [0.3, 0.4) is 0 Å². The van der Waals surface area contributed by atoms with Gasteiger partial charge in [0.15, 0.2) is 0 Å². The Morgan fingerprint density at radius 1 is 1.11 bits per heavy atom. The van der Waals surface area contributed by atoms with Gasteiger partial charge in [0, 0.05) is 26.1 Å². The maximum Gasteiger partial charge on any atom is 0.368 e. The molecule has 0 bridgehead atoms. The van der Waals surface area contributed by atoms with Gasteiger partial charge in [-0.1, -0.05) is 24.6 Å². The lowest BCUT2D eigenvalue weighted by molar-refractivity contribution is -0.140. The summed E-state index contributed by atoms with van der Waals surface area (Å²) in [6.45, 7) is 1.26. The summed E-state index contributed by atoms with van der Waals surface area (Å²) in [5.74, 6) is 0.212. The van der Waals surface area contributed by atoms with Crippen molar-refractivity contribution in [3.05, 3.63) is 40.8 Å². The lowest BCUT2D eigenvalue weighted by Crippen LogP contribution is -2.46. The molecular weight excluding hydrogens is 358 g/mol. The molecule has 8 nitrogen and oxygen atoms in total. The van der Waals surface area contributed by atoms with Crippen LogP contribution >= 0.6 is 0 Å². The summed E-state index contributed by atoms with van der Waals surface area (Å²) in [6, 6.07) is 9.13. The van der Waals surface area contributed by atoms with E-state index in [4.69, 9.17) is 4.74 Å². The molecule has 2 aliphatic rings. The van der Waals surface area contributed by atoms with Crippen LogP contribution in [-0.4, -0.2) is 56.9 Å². The number of hydrogen-bond donors (Lipinski definition) is 0. The minimum atomic E-state index is -0.261. The first-order valence-electron chi connectivity index (χ1n) is 10.1. The van der Waals surface area contributed by atoms with Crippen LogP contribution < -0.4 is 5.69 Å². The average molecular weight is 385 g/mol. The summed E-state index contributed by atoms with van der Waals surface area (Å²) in [5.41, 5.74) is 0.429. The van der Waals surface area contributed by atoms with Crippen LogP contribution in [0.25, 0.3) is 5.69 Å². The molecular formula is C20H27N5O3. The van der Waals surface area contributed by atoms with E-state index in [-0.39, 0.29) is 29.7 Å². The zero-order valence-corrected chi connectivity index (χ0v) is 16.2. The van der Waals surface area contributed by atoms with Crippen molar-refractivity contribution in [2.45, 2.75) is 50.7 Å². The van der Waals surface area contributed by atoms with Gasteiger partial charge in [0.2, 0.25) is 5.91 Å². The molecule has 1 aromatic heterocycles. The number of benzene rings is 1. The van der Waals surface area contributed by atoms with Crippen molar-refractivity contribution in [1.82, 2.24) is 24.7 Å². The second-order valence-corrected chi connectivity index (χ2v) is 7.75. The zero-order valence-electron chi connectivity index (χ0n) is 16.2. The molecule has 3 atom stereocenters. The second-order valence-electron chi connectivity index (χ2n) is 7.75. The molecule has 2 heterocycles. The van der Waals surface area contributed by atoms with Gasteiger partial charge in [-0.25, -0.2) is 4.79 Å². The van der Waals surface area contributed by atoms with Gasteiger partial charge in [0.1, 0.15) is 0 Å². The van der Waals surface area contributed by atoms with Crippen LogP contribution in [0.4, 0.5) is 0 Å². The van der Waals surface area contributed by atoms with Crippen molar-refractivity contribution >= 4 is 5.91 Å². The van der Waals surface area contributed by atoms with E-state index in [9.17, 15) is 9.59 Å². The van der Waals surface area contributed by atoms with Crippen molar-refractivity contribution < 1.29 is 9.53 Å². The summed E-state index contributed by atoms with van der Waals surface area (Å²) in [5, 5.41) is 8.15. The van der Waals surface area contributed by atoms with Gasteiger partial charge >= 0.3 is 5.69 Å². The number of hydrogen-bond acceptors (Lipinski definition) is 5. The number of ether oxygens (including phenoxy) is 1. The van der Waals surface area contributed by atoms with E-state index in [0.717, 1.165) is 45.1 Å². The first-order chi connectivity index (χ1) is 13.7. The van der Waals surface area contributed by atoms with Crippen LogP contribution in [0.2, 0.25) is 0 Å². The molecule has 2 fully saturated rings. The molecule has 2 aromatic rings. The summed E-state index contributed by atoms with van der Waals surface area (Å²) in [4.78, 5) is 27.8. The Morgan fingerprint density at radius 3 is 2.71 bits per heavy atom. The van der Waals surface area contributed by atoms with E-state index < -0.39 is 0 Å². The summed E-state index contributed by atoms with van der Waals surface area (Å²) in [6.07, 6.45) is 5.63. The molecule has 1 aliphatic heterocycles. The van der Waals surface area contributed by atoms with Crippen molar-refractivity contribution in [2.24, 2.45) is 5.92 Å². The summed E-state index contributed by atoms with van der Waals surface area (Å²) < 4.78 is 8.22. The van der Waals surface area contributed by atoms with E-state index >= 15 is 0 Å². The number of carbonyl (C=O) groups excluding carboxylic acids is 1. The van der Waals surface area contributed by atoms with Crippen LogP contribution in [0.1, 0.15) is 44.6 Å². The molecule has 150 valence electrons. The lowest BCUT2D eigenvalue weighted by Gasteiger charge is -2.36. The van der Waals surface area contributed by atoms with Crippen LogP contribution in [0.5, 0.6) is 0 Å². The fraction of sp³-hybridized carbons (Fsp3) is 0.600. The van der Waals surface area contributed by atoms with Crippen LogP contribution in [-0.2, 0) is 9.53 Å². The number of methoxy groups -OCH3 is 1. The Bertz CT molecular complexity index is 862. The first kappa shape index (κ1) is 18.9. The SMILES string of the molecule is CO[C@@H]1CCC[C@@H](C(=O)N2CCC[C@@H](n3nnn(-c4ccccc4)c3=O)C2)C1. The average Bonchev–Trinajstić information content (AvgIpc) is 3.15. The van der Waals surface area contributed by atoms with Gasteiger partial charge in [-0.2, -0.15) is 9.36 Å². The van der Waals surface area contributed by atoms with Gasteiger partial charge < -0.3 is 9.64 Å². The minimum absolute atomic E-state index is 0.0224. The molecule has 1 aromatic carbocycles. The quantitative estimate of drug-likeness (QED) is 0.801. The summed E-state index contributed by atoms with van der Waals surface area (Å²) >= 11 is 0. The highest BCUT2D eigenvalue weighted by Crippen LogP contribution is 2.29. The Morgan fingerprint density at radius 2 is 1.93 bits per heavy atom. The molecule has 28 heavy (non-hydrogen) atoms.